The van der Waals surface area contributed by atoms with E-state index in [1.165, 1.54) is 12.1 Å². The first-order chi connectivity index (χ1) is 6.85. The van der Waals surface area contributed by atoms with Gasteiger partial charge in [-0.1, -0.05) is 29.8 Å². The van der Waals surface area contributed by atoms with E-state index in [0.29, 0.717) is 4.47 Å². The second-order valence-corrected chi connectivity index (χ2v) is 5.52. The summed E-state index contributed by atoms with van der Waals surface area (Å²) in [5.74, 6) is -1.26. The maximum absolute atomic E-state index is 13.6. The van der Waals surface area contributed by atoms with Crippen LogP contribution >= 0.6 is 15.9 Å². The van der Waals surface area contributed by atoms with Crippen LogP contribution in [-0.4, -0.2) is 6.04 Å². The predicted molar refractivity (Wildman–Crippen MR) is 58.6 cm³/mol. The van der Waals surface area contributed by atoms with Gasteiger partial charge in [-0.15, -0.1) is 0 Å². The highest BCUT2D eigenvalue weighted by molar-refractivity contribution is 9.10. The molecule has 15 heavy (non-hydrogen) atoms. The monoisotopic (exact) mass is 275 g/mol. The Balaban J connectivity index is 2.47. The van der Waals surface area contributed by atoms with Crippen LogP contribution in [0.3, 0.4) is 0 Å². The van der Waals surface area contributed by atoms with Gasteiger partial charge in [0.2, 0.25) is 0 Å². The van der Waals surface area contributed by atoms with Crippen molar-refractivity contribution in [3.05, 3.63) is 33.8 Å². The molecule has 2 N–H and O–H groups in total. The normalized spacial score (nSPS) is 27.9. The molecule has 1 nitrogen and oxygen atoms in total. The Kier molecular flexibility index (Phi) is 2.39. The van der Waals surface area contributed by atoms with Gasteiger partial charge in [-0.3, -0.25) is 0 Å². The molecule has 0 aromatic heterocycles. The number of benzene rings is 1. The molecule has 0 bridgehead atoms. The molecule has 1 aromatic carbocycles. The minimum Gasteiger partial charge on any atom is -0.327 e. The van der Waals surface area contributed by atoms with Crippen molar-refractivity contribution in [2.45, 2.75) is 25.8 Å². The third-order valence-electron chi connectivity index (χ3n) is 3.27. The summed E-state index contributed by atoms with van der Waals surface area (Å²) in [6.07, 6.45) is 0. The van der Waals surface area contributed by atoms with Crippen molar-refractivity contribution in [3.63, 3.8) is 0 Å². The van der Waals surface area contributed by atoms with Gasteiger partial charge in [0.25, 0.3) is 0 Å². The standard InChI is InChI=1S/C11H12BrF2N/c1-11(2)9(10(11)15)8-6(13)3-5(12)4-7(8)14/h3-4,9-10H,15H2,1-2H3/t9-,10-/m1/s1. The minimum atomic E-state index is -0.520. The summed E-state index contributed by atoms with van der Waals surface area (Å²) in [5, 5.41) is 0. The molecule has 1 aliphatic carbocycles. The van der Waals surface area contributed by atoms with E-state index < -0.39 is 11.6 Å². The van der Waals surface area contributed by atoms with Crippen molar-refractivity contribution in [2.24, 2.45) is 11.1 Å². The van der Waals surface area contributed by atoms with Gasteiger partial charge in [-0.2, -0.15) is 0 Å². The van der Waals surface area contributed by atoms with E-state index in [0.717, 1.165) is 0 Å². The van der Waals surface area contributed by atoms with Crippen molar-refractivity contribution in [2.75, 3.05) is 0 Å². The van der Waals surface area contributed by atoms with Gasteiger partial charge in [0.05, 0.1) is 0 Å². The predicted octanol–water partition coefficient (Wildman–Crippen LogP) is 3.18. The molecule has 0 amide bonds. The number of hydrogen-bond donors (Lipinski definition) is 1. The smallest absolute Gasteiger partial charge is 0.130 e. The van der Waals surface area contributed by atoms with Crippen LogP contribution < -0.4 is 5.73 Å². The molecule has 1 saturated carbocycles. The Morgan fingerprint density at radius 2 is 1.67 bits per heavy atom. The minimum absolute atomic E-state index is 0.121. The second kappa shape index (κ2) is 3.25. The molecule has 0 heterocycles. The molecular formula is C11H12BrF2N. The quantitative estimate of drug-likeness (QED) is 0.837. The summed E-state index contributed by atoms with van der Waals surface area (Å²) in [6, 6.07) is 2.39. The van der Waals surface area contributed by atoms with Gasteiger partial charge >= 0.3 is 0 Å². The molecule has 2 atom stereocenters. The highest BCUT2D eigenvalue weighted by atomic mass is 79.9. The zero-order valence-electron chi connectivity index (χ0n) is 8.52. The summed E-state index contributed by atoms with van der Waals surface area (Å²) in [4.78, 5) is 0. The third kappa shape index (κ3) is 1.60. The van der Waals surface area contributed by atoms with Crippen molar-refractivity contribution >= 4 is 15.9 Å². The molecule has 0 unspecified atom stereocenters. The molecule has 0 saturated heterocycles. The molecule has 0 radical (unpaired) electrons. The SMILES string of the molecule is CC1(C)[C@H](N)[C@H]1c1c(F)cc(Br)cc1F. The second-order valence-electron chi connectivity index (χ2n) is 4.61. The molecule has 1 aromatic rings. The van der Waals surface area contributed by atoms with Crippen LogP contribution in [0.2, 0.25) is 0 Å². The first-order valence-electron chi connectivity index (χ1n) is 4.75. The Hall–Kier alpha value is -0.480. The molecule has 2 rings (SSSR count). The summed E-state index contributed by atoms with van der Waals surface area (Å²) < 4.78 is 27.6. The summed E-state index contributed by atoms with van der Waals surface area (Å²) >= 11 is 3.05. The van der Waals surface area contributed by atoms with E-state index in [1.54, 1.807) is 0 Å². The van der Waals surface area contributed by atoms with Gasteiger partial charge in [0, 0.05) is 22.0 Å². The Morgan fingerprint density at radius 3 is 2.00 bits per heavy atom. The molecule has 82 valence electrons. The fraction of sp³-hybridized carbons (Fsp3) is 0.455. The van der Waals surface area contributed by atoms with E-state index in [2.05, 4.69) is 15.9 Å². The van der Waals surface area contributed by atoms with Gasteiger partial charge in [-0.25, -0.2) is 8.78 Å². The van der Waals surface area contributed by atoms with Crippen LogP contribution in [0, 0.1) is 17.0 Å². The highest BCUT2D eigenvalue weighted by Crippen LogP contribution is 2.58. The summed E-state index contributed by atoms with van der Waals surface area (Å²) in [5.41, 5.74) is 5.72. The number of hydrogen-bond acceptors (Lipinski definition) is 1. The zero-order valence-corrected chi connectivity index (χ0v) is 10.1. The number of rotatable bonds is 1. The average Bonchev–Trinajstić information content (AvgIpc) is 2.53. The lowest BCUT2D eigenvalue weighted by Gasteiger charge is -2.06. The third-order valence-corrected chi connectivity index (χ3v) is 3.72. The molecule has 0 aliphatic heterocycles. The van der Waals surface area contributed by atoms with Crippen LogP contribution in [0.4, 0.5) is 8.78 Å². The van der Waals surface area contributed by atoms with Crippen LogP contribution in [0.1, 0.15) is 25.3 Å². The maximum atomic E-state index is 13.6. The first-order valence-corrected chi connectivity index (χ1v) is 5.55. The van der Waals surface area contributed by atoms with E-state index in [-0.39, 0.29) is 22.9 Å². The van der Waals surface area contributed by atoms with Crippen molar-refractivity contribution in [1.82, 2.24) is 0 Å². The van der Waals surface area contributed by atoms with Crippen LogP contribution in [0.15, 0.2) is 16.6 Å². The van der Waals surface area contributed by atoms with Crippen molar-refractivity contribution in [1.29, 1.82) is 0 Å². The number of halogens is 3. The zero-order chi connectivity index (χ0) is 11.4. The molecule has 1 fully saturated rings. The van der Waals surface area contributed by atoms with E-state index in [4.69, 9.17) is 5.73 Å². The van der Waals surface area contributed by atoms with E-state index in [9.17, 15) is 8.78 Å². The molecule has 1 aliphatic rings. The van der Waals surface area contributed by atoms with Crippen molar-refractivity contribution in [3.8, 4) is 0 Å². The largest absolute Gasteiger partial charge is 0.327 e. The van der Waals surface area contributed by atoms with Gasteiger partial charge < -0.3 is 5.73 Å². The lowest BCUT2D eigenvalue weighted by Crippen LogP contribution is -2.07. The van der Waals surface area contributed by atoms with Gasteiger partial charge in [0.1, 0.15) is 11.6 Å². The fourth-order valence-corrected chi connectivity index (χ4v) is 2.48. The molecule has 0 spiro atoms. The first kappa shape index (κ1) is 11.0. The van der Waals surface area contributed by atoms with Crippen LogP contribution in [0.25, 0.3) is 0 Å². The fourth-order valence-electron chi connectivity index (χ4n) is 2.08. The van der Waals surface area contributed by atoms with Crippen LogP contribution in [-0.2, 0) is 0 Å². The molecule has 4 heteroatoms. The van der Waals surface area contributed by atoms with E-state index in [1.807, 2.05) is 13.8 Å². The Morgan fingerprint density at radius 1 is 1.27 bits per heavy atom. The lowest BCUT2D eigenvalue weighted by molar-refractivity contribution is 0.529. The average molecular weight is 276 g/mol. The number of nitrogens with two attached hydrogens (primary N) is 1. The van der Waals surface area contributed by atoms with Crippen molar-refractivity contribution < 1.29 is 8.78 Å². The summed E-state index contributed by atoms with van der Waals surface area (Å²) in [7, 11) is 0. The van der Waals surface area contributed by atoms with E-state index >= 15 is 0 Å². The lowest BCUT2D eigenvalue weighted by atomic mass is 10.0. The van der Waals surface area contributed by atoms with Crippen LogP contribution in [0.5, 0.6) is 0 Å². The molecular weight excluding hydrogens is 264 g/mol. The maximum Gasteiger partial charge on any atom is 0.130 e. The highest BCUT2D eigenvalue weighted by Gasteiger charge is 2.58. The Labute approximate surface area is 95.8 Å². The van der Waals surface area contributed by atoms with Gasteiger partial charge in [-0.05, 0) is 17.5 Å². The summed E-state index contributed by atoms with van der Waals surface area (Å²) in [6.45, 7) is 3.84. The van der Waals surface area contributed by atoms with Gasteiger partial charge in [0.15, 0.2) is 0 Å². The Bertz CT molecular complexity index is 394. The topological polar surface area (TPSA) is 26.0 Å².